The van der Waals surface area contributed by atoms with Gasteiger partial charge in [0.1, 0.15) is 5.76 Å². The van der Waals surface area contributed by atoms with Crippen molar-refractivity contribution in [2.24, 2.45) is 5.92 Å². The smallest absolute Gasteiger partial charge is 0.307 e. The maximum atomic E-state index is 10.8. The molecule has 0 fully saturated rings. The molecule has 0 radical (unpaired) electrons. The summed E-state index contributed by atoms with van der Waals surface area (Å²) in [6.45, 7) is 7.85. The Morgan fingerprint density at radius 2 is 2.12 bits per heavy atom. The first kappa shape index (κ1) is 12.7. The van der Waals surface area contributed by atoms with E-state index in [2.05, 4.69) is 10.5 Å². The molecule has 1 aromatic heterocycles. The number of hydrogen-bond acceptors (Lipinski definition) is 4. The van der Waals surface area contributed by atoms with Crippen LogP contribution in [0.5, 0.6) is 0 Å². The zero-order valence-electron chi connectivity index (χ0n) is 10.1. The standard InChI is InChI=1S/C11H18N2O3/c1-6(11(14)15)7(2)12-5-10-8(3)13-16-9(10)4/h6-7,12H,5H2,1-4H3,(H,14,15). The Kier molecular flexibility index (Phi) is 4.06. The molecule has 0 amide bonds. The first-order chi connectivity index (χ1) is 7.43. The van der Waals surface area contributed by atoms with E-state index in [0.29, 0.717) is 6.54 Å². The van der Waals surface area contributed by atoms with Crippen molar-refractivity contribution >= 4 is 5.97 Å². The molecule has 1 heterocycles. The zero-order chi connectivity index (χ0) is 12.3. The van der Waals surface area contributed by atoms with Crippen LogP contribution in [-0.2, 0) is 11.3 Å². The summed E-state index contributed by atoms with van der Waals surface area (Å²) in [5.41, 5.74) is 1.85. The Bertz CT molecular complexity index is 354. The third-order valence-corrected chi connectivity index (χ3v) is 2.92. The molecule has 5 heteroatoms. The first-order valence-corrected chi connectivity index (χ1v) is 5.31. The quantitative estimate of drug-likeness (QED) is 0.795. The van der Waals surface area contributed by atoms with E-state index < -0.39 is 11.9 Å². The average Bonchev–Trinajstić information content (AvgIpc) is 2.54. The fourth-order valence-electron chi connectivity index (χ4n) is 1.41. The molecule has 5 nitrogen and oxygen atoms in total. The van der Waals surface area contributed by atoms with Gasteiger partial charge in [-0.2, -0.15) is 0 Å². The molecule has 0 aliphatic heterocycles. The second-order valence-corrected chi connectivity index (χ2v) is 4.10. The molecule has 0 saturated carbocycles. The first-order valence-electron chi connectivity index (χ1n) is 5.31. The normalized spacial score (nSPS) is 14.8. The van der Waals surface area contributed by atoms with Crippen molar-refractivity contribution < 1.29 is 14.4 Å². The number of carboxylic acid groups (broad SMARTS) is 1. The lowest BCUT2D eigenvalue weighted by molar-refractivity contribution is -0.141. The predicted molar refractivity (Wildman–Crippen MR) is 59.1 cm³/mol. The third kappa shape index (κ3) is 2.82. The molecule has 0 aliphatic rings. The van der Waals surface area contributed by atoms with Crippen LogP contribution in [0.1, 0.15) is 30.9 Å². The van der Waals surface area contributed by atoms with Gasteiger partial charge < -0.3 is 14.9 Å². The molecule has 0 aromatic carbocycles. The molecule has 1 aromatic rings. The minimum Gasteiger partial charge on any atom is -0.481 e. The summed E-state index contributed by atoms with van der Waals surface area (Å²) < 4.78 is 5.03. The Hall–Kier alpha value is -1.36. The maximum Gasteiger partial charge on any atom is 0.307 e. The number of carbonyl (C=O) groups is 1. The zero-order valence-corrected chi connectivity index (χ0v) is 10.1. The molecule has 1 rings (SSSR count). The minimum absolute atomic E-state index is 0.0915. The van der Waals surface area contributed by atoms with Gasteiger partial charge in [-0.05, 0) is 20.8 Å². The second kappa shape index (κ2) is 5.12. The van der Waals surface area contributed by atoms with Crippen LogP contribution in [0.4, 0.5) is 0 Å². The van der Waals surface area contributed by atoms with E-state index in [9.17, 15) is 4.79 Å². The number of aliphatic carboxylic acids is 1. The highest BCUT2D eigenvalue weighted by molar-refractivity contribution is 5.70. The Labute approximate surface area is 94.8 Å². The van der Waals surface area contributed by atoms with E-state index in [-0.39, 0.29) is 6.04 Å². The van der Waals surface area contributed by atoms with Crippen molar-refractivity contribution in [3.05, 3.63) is 17.0 Å². The van der Waals surface area contributed by atoms with Crippen LogP contribution in [-0.4, -0.2) is 22.3 Å². The summed E-state index contributed by atoms with van der Waals surface area (Å²) in [4.78, 5) is 10.8. The van der Waals surface area contributed by atoms with Gasteiger partial charge in [-0.15, -0.1) is 0 Å². The monoisotopic (exact) mass is 226 g/mol. The van der Waals surface area contributed by atoms with Crippen molar-refractivity contribution in [3.63, 3.8) is 0 Å². The van der Waals surface area contributed by atoms with Gasteiger partial charge in [0, 0.05) is 18.2 Å². The van der Waals surface area contributed by atoms with Crippen molar-refractivity contribution in [3.8, 4) is 0 Å². The van der Waals surface area contributed by atoms with Crippen LogP contribution in [0.2, 0.25) is 0 Å². The highest BCUT2D eigenvalue weighted by Gasteiger charge is 2.19. The molecular formula is C11H18N2O3. The molecule has 90 valence electrons. The summed E-state index contributed by atoms with van der Waals surface area (Å²) in [5, 5.41) is 15.9. The van der Waals surface area contributed by atoms with Gasteiger partial charge in [0.2, 0.25) is 0 Å². The van der Waals surface area contributed by atoms with E-state index in [1.807, 2.05) is 20.8 Å². The van der Waals surface area contributed by atoms with Crippen LogP contribution in [0, 0.1) is 19.8 Å². The summed E-state index contributed by atoms with van der Waals surface area (Å²) >= 11 is 0. The van der Waals surface area contributed by atoms with Crippen LogP contribution in [0.15, 0.2) is 4.52 Å². The largest absolute Gasteiger partial charge is 0.481 e. The number of nitrogens with one attached hydrogen (secondary N) is 1. The van der Waals surface area contributed by atoms with E-state index >= 15 is 0 Å². The Morgan fingerprint density at radius 1 is 1.50 bits per heavy atom. The molecule has 2 N–H and O–H groups in total. The number of rotatable bonds is 5. The van der Waals surface area contributed by atoms with Crippen molar-refractivity contribution in [2.45, 2.75) is 40.3 Å². The van der Waals surface area contributed by atoms with Gasteiger partial charge in [-0.1, -0.05) is 12.1 Å². The molecule has 0 spiro atoms. The van der Waals surface area contributed by atoms with Gasteiger partial charge in [0.05, 0.1) is 11.6 Å². The average molecular weight is 226 g/mol. The SMILES string of the molecule is Cc1noc(C)c1CNC(C)C(C)C(=O)O. The number of carboxylic acids is 1. The van der Waals surface area contributed by atoms with E-state index in [1.54, 1.807) is 6.92 Å². The van der Waals surface area contributed by atoms with E-state index in [0.717, 1.165) is 17.0 Å². The highest BCUT2D eigenvalue weighted by Crippen LogP contribution is 2.12. The molecule has 2 unspecified atom stereocenters. The van der Waals surface area contributed by atoms with Gasteiger partial charge in [-0.25, -0.2) is 0 Å². The molecular weight excluding hydrogens is 208 g/mol. The van der Waals surface area contributed by atoms with Crippen molar-refractivity contribution in [2.75, 3.05) is 0 Å². The Morgan fingerprint density at radius 3 is 2.56 bits per heavy atom. The lowest BCUT2D eigenvalue weighted by Gasteiger charge is -2.17. The summed E-state index contributed by atoms with van der Waals surface area (Å²) in [6, 6.07) is -0.0915. The number of nitrogens with zero attached hydrogens (tertiary/aromatic N) is 1. The van der Waals surface area contributed by atoms with Crippen molar-refractivity contribution in [1.82, 2.24) is 10.5 Å². The van der Waals surface area contributed by atoms with Crippen LogP contribution >= 0.6 is 0 Å². The third-order valence-electron chi connectivity index (χ3n) is 2.92. The van der Waals surface area contributed by atoms with Crippen LogP contribution < -0.4 is 5.32 Å². The van der Waals surface area contributed by atoms with E-state index in [1.165, 1.54) is 0 Å². The topological polar surface area (TPSA) is 75.4 Å². The highest BCUT2D eigenvalue weighted by atomic mass is 16.5. The molecule has 16 heavy (non-hydrogen) atoms. The molecule has 0 bridgehead atoms. The maximum absolute atomic E-state index is 10.8. The van der Waals surface area contributed by atoms with Crippen LogP contribution in [0.3, 0.4) is 0 Å². The Balaban J connectivity index is 2.55. The van der Waals surface area contributed by atoms with Crippen LogP contribution in [0.25, 0.3) is 0 Å². The number of aromatic nitrogens is 1. The number of aryl methyl sites for hydroxylation is 2. The fourth-order valence-corrected chi connectivity index (χ4v) is 1.41. The van der Waals surface area contributed by atoms with Gasteiger partial charge in [0.15, 0.2) is 0 Å². The molecule has 0 aliphatic carbocycles. The minimum atomic E-state index is -0.793. The summed E-state index contributed by atoms with van der Waals surface area (Å²) in [6.07, 6.45) is 0. The summed E-state index contributed by atoms with van der Waals surface area (Å²) in [7, 11) is 0. The van der Waals surface area contributed by atoms with Crippen molar-refractivity contribution in [1.29, 1.82) is 0 Å². The summed E-state index contributed by atoms with van der Waals surface area (Å²) in [5.74, 6) is -0.431. The van der Waals surface area contributed by atoms with Gasteiger partial charge >= 0.3 is 5.97 Å². The van der Waals surface area contributed by atoms with Gasteiger partial charge in [0.25, 0.3) is 0 Å². The van der Waals surface area contributed by atoms with Gasteiger partial charge in [-0.3, -0.25) is 4.79 Å². The predicted octanol–water partition coefficient (Wildman–Crippen LogP) is 1.49. The lowest BCUT2D eigenvalue weighted by atomic mass is 10.0. The van der Waals surface area contributed by atoms with E-state index in [4.69, 9.17) is 9.63 Å². The fraction of sp³-hybridized carbons (Fsp3) is 0.636. The molecule has 2 atom stereocenters. The number of hydrogen-bond donors (Lipinski definition) is 2. The molecule has 0 saturated heterocycles. The second-order valence-electron chi connectivity index (χ2n) is 4.10. The lowest BCUT2D eigenvalue weighted by Crippen LogP contribution is -2.35.